The fraction of sp³-hybridized carbons (Fsp3) is 0.345. The minimum atomic E-state index is -0.148. The summed E-state index contributed by atoms with van der Waals surface area (Å²) in [6.07, 6.45) is 8.12. The first-order valence-corrected chi connectivity index (χ1v) is 12.2. The number of carbonyl (C=O) groups excluding carboxylic acids is 2. The zero-order valence-electron chi connectivity index (χ0n) is 21.3. The van der Waals surface area contributed by atoms with E-state index in [0.29, 0.717) is 24.2 Å². The Morgan fingerprint density at radius 1 is 0.861 bits per heavy atom. The number of aliphatic hydroxyl groups is 1. The summed E-state index contributed by atoms with van der Waals surface area (Å²) in [6, 6.07) is 18.8. The highest BCUT2D eigenvalue weighted by Gasteiger charge is 2.36. The summed E-state index contributed by atoms with van der Waals surface area (Å²) in [4.78, 5) is 31.7. The Hall–Kier alpha value is -3.55. The molecule has 0 bridgehead atoms. The van der Waals surface area contributed by atoms with E-state index in [9.17, 15) is 9.59 Å². The van der Waals surface area contributed by atoms with E-state index < -0.39 is 0 Å². The second kappa shape index (κ2) is 13.0. The molecule has 0 aliphatic heterocycles. The number of pyridine rings is 1. The number of aromatic nitrogens is 1. The zero-order valence-corrected chi connectivity index (χ0v) is 21.3. The van der Waals surface area contributed by atoms with Crippen LogP contribution in [0, 0.1) is 0 Å². The molecule has 1 fully saturated rings. The number of hydrogen-bond acceptors (Lipinski definition) is 5. The number of hydrogen-bond donors (Lipinski definition) is 3. The van der Waals surface area contributed by atoms with Crippen LogP contribution in [0.25, 0.3) is 11.1 Å². The van der Waals surface area contributed by atoms with Gasteiger partial charge in [0.2, 0.25) is 0 Å². The summed E-state index contributed by atoms with van der Waals surface area (Å²) in [5.74, 6) is -0.224. The third-order valence-corrected chi connectivity index (χ3v) is 6.86. The molecule has 2 aromatic carbocycles. The lowest BCUT2D eigenvalue weighted by Gasteiger charge is -2.36. The van der Waals surface area contributed by atoms with Crippen LogP contribution in [0.15, 0.2) is 73.1 Å². The largest absolute Gasteiger partial charge is 0.400 e. The molecule has 1 aliphatic rings. The molecule has 7 nitrogen and oxygen atoms in total. The number of amides is 2. The third kappa shape index (κ3) is 6.77. The van der Waals surface area contributed by atoms with Gasteiger partial charge < -0.3 is 20.6 Å². The molecule has 1 aromatic heterocycles. The van der Waals surface area contributed by atoms with Crippen molar-refractivity contribution in [2.75, 3.05) is 27.7 Å². The Bertz CT molecular complexity index is 1120. The van der Waals surface area contributed by atoms with Crippen molar-refractivity contribution in [3.8, 4) is 11.1 Å². The van der Waals surface area contributed by atoms with Crippen LogP contribution >= 0.6 is 0 Å². The molecular weight excluding hydrogens is 452 g/mol. The summed E-state index contributed by atoms with van der Waals surface area (Å²) in [5, 5.41) is 13.1. The summed E-state index contributed by atoms with van der Waals surface area (Å²) in [7, 11) is 5.18. The quantitative estimate of drug-likeness (QED) is 0.447. The van der Waals surface area contributed by atoms with Crippen molar-refractivity contribution < 1.29 is 14.7 Å². The SMILES string of the molecule is CN(C)C1(CNC(=O)c2cccc(CNC(=O)c3ccc(-c4ccncc4)cc3)c2)CCCC1.CO. The molecule has 1 aliphatic carbocycles. The standard InChI is InChI=1S/C28H32N4O2.CH4O/c1-32(2)28(14-3-4-15-28)20-31-27(34)25-7-5-6-21(18-25)19-30-26(33)24-10-8-22(9-11-24)23-12-16-29-17-13-23;1-2/h5-13,16-18H,3-4,14-15,19-20H2,1-2H3,(H,30,33)(H,31,34);2H,1H3. The zero-order chi connectivity index (χ0) is 26.0. The van der Waals surface area contributed by atoms with Gasteiger partial charge in [-0.15, -0.1) is 0 Å². The van der Waals surface area contributed by atoms with E-state index in [1.807, 2.05) is 60.7 Å². The van der Waals surface area contributed by atoms with Crippen LogP contribution in [0.4, 0.5) is 0 Å². The van der Waals surface area contributed by atoms with Gasteiger partial charge >= 0.3 is 0 Å². The van der Waals surface area contributed by atoms with Crippen LogP contribution < -0.4 is 10.6 Å². The van der Waals surface area contributed by atoms with E-state index in [0.717, 1.165) is 36.6 Å². The lowest BCUT2D eigenvalue weighted by atomic mass is 9.96. The number of carbonyl (C=O) groups is 2. The normalized spacial score (nSPS) is 14.0. The molecular formula is C29H36N4O3. The summed E-state index contributed by atoms with van der Waals surface area (Å²) in [5.41, 5.74) is 4.23. The summed E-state index contributed by atoms with van der Waals surface area (Å²) in [6.45, 7) is 1.00. The molecule has 3 aromatic rings. The van der Waals surface area contributed by atoms with E-state index >= 15 is 0 Å². The van der Waals surface area contributed by atoms with Crippen LogP contribution in [0.2, 0.25) is 0 Å². The molecule has 0 atom stereocenters. The first kappa shape index (κ1) is 27.0. The van der Waals surface area contributed by atoms with Crippen molar-refractivity contribution in [3.05, 3.63) is 89.7 Å². The number of nitrogens with one attached hydrogen (secondary N) is 2. The van der Waals surface area contributed by atoms with Crippen LogP contribution in [0.3, 0.4) is 0 Å². The van der Waals surface area contributed by atoms with Gasteiger partial charge in [-0.2, -0.15) is 0 Å². The molecule has 1 saturated carbocycles. The fourth-order valence-corrected chi connectivity index (χ4v) is 4.63. The van der Waals surface area contributed by atoms with Crippen molar-refractivity contribution in [1.29, 1.82) is 0 Å². The maximum atomic E-state index is 12.8. The van der Waals surface area contributed by atoms with Crippen LogP contribution in [-0.4, -0.2) is 60.1 Å². The number of nitrogens with zero attached hydrogens (tertiary/aromatic N) is 2. The van der Waals surface area contributed by atoms with E-state index in [1.165, 1.54) is 12.8 Å². The molecule has 190 valence electrons. The average molecular weight is 489 g/mol. The van der Waals surface area contributed by atoms with Gasteiger partial charge in [-0.3, -0.25) is 14.6 Å². The predicted octanol–water partition coefficient (Wildman–Crippen LogP) is 3.89. The van der Waals surface area contributed by atoms with E-state index in [4.69, 9.17) is 5.11 Å². The molecule has 0 saturated heterocycles. The molecule has 0 unspecified atom stereocenters. The molecule has 2 amide bonds. The van der Waals surface area contributed by atoms with E-state index in [-0.39, 0.29) is 17.4 Å². The van der Waals surface area contributed by atoms with Gasteiger partial charge in [-0.1, -0.05) is 37.1 Å². The van der Waals surface area contributed by atoms with E-state index in [2.05, 4.69) is 34.6 Å². The number of benzene rings is 2. The third-order valence-electron chi connectivity index (χ3n) is 6.86. The van der Waals surface area contributed by atoms with Gasteiger partial charge in [0.1, 0.15) is 0 Å². The number of rotatable bonds is 8. The maximum absolute atomic E-state index is 12.8. The van der Waals surface area contributed by atoms with Crippen LogP contribution in [-0.2, 0) is 6.54 Å². The van der Waals surface area contributed by atoms with Crippen molar-refractivity contribution in [1.82, 2.24) is 20.5 Å². The molecule has 1 heterocycles. The lowest BCUT2D eigenvalue weighted by molar-refractivity contribution is 0.0899. The summed E-state index contributed by atoms with van der Waals surface area (Å²) < 4.78 is 0. The van der Waals surface area contributed by atoms with Crippen molar-refractivity contribution >= 4 is 11.8 Å². The summed E-state index contributed by atoms with van der Waals surface area (Å²) >= 11 is 0. The Morgan fingerprint density at radius 3 is 2.11 bits per heavy atom. The van der Waals surface area contributed by atoms with Crippen molar-refractivity contribution in [2.45, 2.75) is 37.8 Å². The van der Waals surface area contributed by atoms with Gasteiger partial charge in [0.15, 0.2) is 0 Å². The van der Waals surface area contributed by atoms with Crippen molar-refractivity contribution in [3.63, 3.8) is 0 Å². The maximum Gasteiger partial charge on any atom is 0.251 e. The first-order valence-electron chi connectivity index (χ1n) is 12.2. The van der Waals surface area contributed by atoms with Gasteiger partial charge in [0.05, 0.1) is 0 Å². The molecule has 7 heteroatoms. The van der Waals surface area contributed by atoms with E-state index in [1.54, 1.807) is 12.4 Å². The Labute approximate surface area is 213 Å². The van der Waals surface area contributed by atoms with Gasteiger partial charge in [0, 0.05) is 49.3 Å². The average Bonchev–Trinajstić information content (AvgIpc) is 3.43. The topological polar surface area (TPSA) is 94.6 Å². The smallest absolute Gasteiger partial charge is 0.251 e. The van der Waals surface area contributed by atoms with Gasteiger partial charge in [-0.05, 0) is 80.0 Å². The molecule has 3 N–H and O–H groups in total. The lowest BCUT2D eigenvalue weighted by Crippen LogP contribution is -2.50. The highest BCUT2D eigenvalue weighted by Crippen LogP contribution is 2.33. The van der Waals surface area contributed by atoms with Crippen molar-refractivity contribution in [2.24, 2.45) is 0 Å². The molecule has 4 rings (SSSR count). The molecule has 0 spiro atoms. The molecule has 0 radical (unpaired) electrons. The highest BCUT2D eigenvalue weighted by molar-refractivity contribution is 5.95. The number of aliphatic hydroxyl groups excluding tert-OH is 1. The Kier molecular flexibility index (Phi) is 9.73. The fourth-order valence-electron chi connectivity index (χ4n) is 4.63. The minimum absolute atomic E-state index is 0.0498. The Morgan fingerprint density at radius 2 is 1.47 bits per heavy atom. The van der Waals surface area contributed by atoms with Gasteiger partial charge in [0.25, 0.3) is 11.8 Å². The highest BCUT2D eigenvalue weighted by atomic mass is 16.2. The minimum Gasteiger partial charge on any atom is -0.400 e. The Balaban J connectivity index is 0.00000176. The second-order valence-electron chi connectivity index (χ2n) is 9.20. The second-order valence-corrected chi connectivity index (χ2v) is 9.20. The first-order chi connectivity index (χ1) is 17.5. The van der Waals surface area contributed by atoms with Gasteiger partial charge in [-0.25, -0.2) is 0 Å². The number of likely N-dealkylation sites (N-methyl/N-ethyl adjacent to an activating group) is 1. The predicted molar refractivity (Wildman–Crippen MR) is 143 cm³/mol. The van der Waals surface area contributed by atoms with Crippen LogP contribution in [0.5, 0.6) is 0 Å². The molecule has 36 heavy (non-hydrogen) atoms. The van der Waals surface area contributed by atoms with Crippen LogP contribution in [0.1, 0.15) is 52.0 Å². The monoisotopic (exact) mass is 488 g/mol.